The smallest absolute Gasteiger partial charge is 0.173 e. The van der Waals surface area contributed by atoms with E-state index in [2.05, 4.69) is 44.2 Å². The minimum absolute atomic E-state index is 0.233. The Kier molecular flexibility index (Phi) is 3.74. The number of carbonyl (C=O) groups excluding carboxylic acids is 1. The van der Waals surface area contributed by atoms with Gasteiger partial charge in [0.2, 0.25) is 0 Å². The van der Waals surface area contributed by atoms with Crippen molar-refractivity contribution >= 4 is 11.4 Å². The maximum Gasteiger partial charge on any atom is 0.173 e. The van der Waals surface area contributed by atoms with Gasteiger partial charge in [-0.2, -0.15) is 0 Å². The van der Waals surface area contributed by atoms with E-state index in [4.69, 9.17) is 0 Å². The quantitative estimate of drug-likeness (QED) is 0.694. The van der Waals surface area contributed by atoms with Gasteiger partial charge in [-0.25, -0.2) is 0 Å². The SMILES string of the molecule is Cc1ccc(C(=O)[C@]2(C)CCC=C2c2ccc(C)cc2)cc1. The monoisotopic (exact) mass is 290 g/mol. The highest BCUT2D eigenvalue weighted by Gasteiger charge is 2.40. The molecule has 2 aromatic rings. The van der Waals surface area contributed by atoms with Gasteiger partial charge in [0.15, 0.2) is 5.78 Å². The Morgan fingerprint density at radius 2 is 1.45 bits per heavy atom. The normalized spacial score (nSPS) is 20.8. The molecule has 0 bridgehead atoms. The van der Waals surface area contributed by atoms with Crippen molar-refractivity contribution in [2.24, 2.45) is 5.41 Å². The van der Waals surface area contributed by atoms with Crippen LogP contribution in [0, 0.1) is 19.3 Å². The Hall–Kier alpha value is -2.15. The first-order valence-electron chi connectivity index (χ1n) is 7.90. The largest absolute Gasteiger partial charge is 0.293 e. The van der Waals surface area contributed by atoms with E-state index in [9.17, 15) is 4.79 Å². The molecule has 112 valence electrons. The van der Waals surface area contributed by atoms with Gasteiger partial charge in [-0.1, -0.05) is 65.7 Å². The van der Waals surface area contributed by atoms with Crippen molar-refractivity contribution in [1.82, 2.24) is 0 Å². The second kappa shape index (κ2) is 5.57. The first kappa shape index (κ1) is 14.8. The van der Waals surface area contributed by atoms with Crippen LogP contribution in [0.25, 0.3) is 5.57 Å². The maximum absolute atomic E-state index is 13.1. The number of allylic oxidation sites excluding steroid dienone is 2. The lowest BCUT2D eigenvalue weighted by atomic mass is 9.74. The molecule has 0 fully saturated rings. The van der Waals surface area contributed by atoms with Crippen LogP contribution in [-0.2, 0) is 0 Å². The molecular weight excluding hydrogens is 268 g/mol. The van der Waals surface area contributed by atoms with Gasteiger partial charge in [0, 0.05) is 5.56 Å². The Labute approximate surface area is 132 Å². The van der Waals surface area contributed by atoms with E-state index in [0.29, 0.717) is 0 Å². The number of hydrogen-bond acceptors (Lipinski definition) is 1. The van der Waals surface area contributed by atoms with Gasteiger partial charge >= 0.3 is 0 Å². The zero-order valence-electron chi connectivity index (χ0n) is 13.5. The summed E-state index contributed by atoms with van der Waals surface area (Å²) >= 11 is 0. The Bertz CT molecular complexity index is 720. The molecule has 1 atom stereocenters. The average molecular weight is 290 g/mol. The third kappa shape index (κ3) is 2.52. The fraction of sp³-hybridized carbons (Fsp3) is 0.286. The van der Waals surface area contributed by atoms with Gasteiger partial charge in [0.25, 0.3) is 0 Å². The van der Waals surface area contributed by atoms with Gasteiger partial charge in [-0.05, 0) is 44.7 Å². The molecule has 0 unspecified atom stereocenters. The second-order valence-electron chi connectivity index (χ2n) is 6.55. The molecule has 0 radical (unpaired) electrons. The van der Waals surface area contributed by atoms with Gasteiger partial charge in [-0.15, -0.1) is 0 Å². The van der Waals surface area contributed by atoms with E-state index in [1.807, 2.05) is 31.2 Å². The van der Waals surface area contributed by atoms with E-state index in [-0.39, 0.29) is 5.78 Å². The molecule has 2 aromatic carbocycles. The highest BCUT2D eigenvalue weighted by molar-refractivity contribution is 6.08. The van der Waals surface area contributed by atoms with Crippen LogP contribution in [0.3, 0.4) is 0 Å². The number of benzene rings is 2. The third-order valence-corrected chi connectivity index (χ3v) is 4.76. The van der Waals surface area contributed by atoms with Gasteiger partial charge in [0.1, 0.15) is 0 Å². The van der Waals surface area contributed by atoms with Gasteiger partial charge < -0.3 is 0 Å². The zero-order valence-corrected chi connectivity index (χ0v) is 13.5. The molecule has 1 nitrogen and oxygen atoms in total. The standard InChI is InChI=1S/C21H22O/c1-15-6-10-17(11-7-15)19-5-4-14-21(19,3)20(22)18-12-8-16(2)9-13-18/h5-13H,4,14H2,1-3H3/t21-/m1/s1. The summed E-state index contributed by atoms with van der Waals surface area (Å²) in [5.74, 6) is 0.233. The molecule has 0 spiro atoms. The number of ketones is 1. The molecule has 3 rings (SSSR count). The van der Waals surface area contributed by atoms with Crippen LogP contribution in [0.1, 0.15) is 46.8 Å². The van der Waals surface area contributed by atoms with E-state index in [1.54, 1.807) is 0 Å². The van der Waals surface area contributed by atoms with Crippen molar-refractivity contribution in [1.29, 1.82) is 0 Å². The van der Waals surface area contributed by atoms with Crippen molar-refractivity contribution in [3.8, 4) is 0 Å². The first-order chi connectivity index (χ1) is 10.5. The zero-order chi connectivity index (χ0) is 15.7. The van der Waals surface area contributed by atoms with Crippen LogP contribution < -0.4 is 0 Å². The third-order valence-electron chi connectivity index (χ3n) is 4.76. The van der Waals surface area contributed by atoms with Gasteiger partial charge in [0.05, 0.1) is 5.41 Å². The summed E-state index contributed by atoms with van der Waals surface area (Å²) in [7, 11) is 0. The van der Waals surface area contributed by atoms with Crippen LogP contribution in [0.15, 0.2) is 54.6 Å². The number of aryl methyl sites for hydroxylation is 2. The van der Waals surface area contributed by atoms with Crippen LogP contribution >= 0.6 is 0 Å². The Morgan fingerprint density at radius 1 is 0.909 bits per heavy atom. The summed E-state index contributed by atoms with van der Waals surface area (Å²) in [5, 5.41) is 0. The molecule has 0 aliphatic heterocycles. The van der Waals surface area contributed by atoms with Crippen molar-refractivity contribution in [2.75, 3.05) is 0 Å². The lowest BCUT2D eigenvalue weighted by Gasteiger charge is -2.27. The number of Topliss-reactive ketones (excluding diaryl/α,β-unsaturated/α-hetero) is 1. The molecule has 1 aliphatic carbocycles. The topological polar surface area (TPSA) is 17.1 Å². The predicted molar refractivity (Wildman–Crippen MR) is 92.0 cm³/mol. The van der Waals surface area contributed by atoms with E-state index in [1.165, 1.54) is 22.3 Å². The lowest BCUT2D eigenvalue weighted by Crippen LogP contribution is -2.27. The number of hydrogen-bond donors (Lipinski definition) is 0. The van der Waals surface area contributed by atoms with Gasteiger partial charge in [-0.3, -0.25) is 4.79 Å². The molecule has 0 aromatic heterocycles. The average Bonchev–Trinajstić information content (AvgIpc) is 2.91. The van der Waals surface area contributed by atoms with Crippen molar-refractivity contribution in [3.05, 3.63) is 76.9 Å². The van der Waals surface area contributed by atoms with Crippen LogP contribution in [0.4, 0.5) is 0 Å². The minimum atomic E-state index is -0.412. The van der Waals surface area contributed by atoms with E-state index >= 15 is 0 Å². The minimum Gasteiger partial charge on any atom is -0.293 e. The highest BCUT2D eigenvalue weighted by Crippen LogP contribution is 2.46. The Balaban J connectivity index is 1.97. The maximum atomic E-state index is 13.1. The molecule has 0 N–H and O–H groups in total. The second-order valence-corrected chi connectivity index (χ2v) is 6.55. The molecule has 0 heterocycles. The summed E-state index contributed by atoms with van der Waals surface area (Å²) < 4.78 is 0. The van der Waals surface area contributed by atoms with E-state index in [0.717, 1.165) is 18.4 Å². The summed E-state index contributed by atoms with van der Waals surface area (Å²) in [6.07, 6.45) is 4.09. The Morgan fingerprint density at radius 3 is 2.05 bits per heavy atom. The molecule has 0 saturated heterocycles. The van der Waals surface area contributed by atoms with Crippen LogP contribution in [0.2, 0.25) is 0 Å². The predicted octanol–water partition coefficient (Wildman–Crippen LogP) is 5.37. The first-order valence-corrected chi connectivity index (χ1v) is 7.90. The summed E-state index contributed by atoms with van der Waals surface area (Å²) in [6.45, 7) is 6.22. The summed E-state index contributed by atoms with van der Waals surface area (Å²) in [6, 6.07) is 16.4. The van der Waals surface area contributed by atoms with Crippen molar-refractivity contribution in [2.45, 2.75) is 33.6 Å². The molecule has 1 aliphatic rings. The van der Waals surface area contributed by atoms with Crippen LogP contribution in [0.5, 0.6) is 0 Å². The fourth-order valence-corrected chi connectivity index (χ4v) is 3.29. The highest BCUT2D eigenvalue weighted by atomic mass is 16.1. The number of carbonyl (C=O) groups is 1. The number of rotatable bonds is 3. The molecular formula is C21H22O. The lowest BCUT2D eigenvalue weighted by molar-refractivity contribution is 0.0877. The molecule has 0 amide bonds. The fourth-order valence-electron chi connectivity index (χ4n) is 3.29. The molecule has 1 heteroatoms. The molecule has 22 heavy (non-hydrogen) atoms. The summed E-state index contributed by atoms with van der Waals surface area (Å²) in [5.41, 5.74) is 5.18. The van der Waals surface area contributed by atoms with E-state index < -0.39 is 5.41 Å². The summed E-state index contributed by atoms with van der Waals surface area (Å²) in [4.78, 5) is 13.1. The van der Waals surface area contributed by atoms with Crippen molar-refractivity contribution < 1.29 is 4.79 Å². The van der Waals surface area contributed by atoms with Crippen LogP contribution in [-0.4, -0.2) is 5.78 Å². The van der Waals surface area contributed by atoms with Crippen molar-refractivity contribution in [3.63, 3.8) is 0 Å². The molecule has 0 saturated carbocycles.